The van der Waals surface area contributed by atoms with Crippen molar-refractivity contribution in [1.29, 1.82) is 5.41 Å². The molecule has 0 saturated carbocycles. The number of alkyl halides is 3. The van der Waals surface area contributed by atoms with E-state index in [1.165, 1.54) is 0 Å². The monoisotopic (exact) mass is 408 g/mol. The molecule has 1 N–H and O–H groups in total. The van der Waals surface area contributed by atoms with E-state index in [4.69, 9.17) is 44.9 Å². The molecule has 4 atom stereocenters. The summed E-state index contributed by atoms with van der Waals surface area (Å²) in [5.74, 6) is 0.565. The molecule has 0 radical (unpaired) electrons. The Morgan fingerprint density at radius 1 is 1.44 bits per heavy atom. The highest BCUT2D eigenvalue weighted by molar-refractivity contribution is 6.76. The number of hydrogen-bond donors (Lipinski definition) is 1. The molecule has 0 unspecified atom stereocenters. The molecule has 0 aromatic heterocycles. The second kappa shape index (κ2) is 8.96. The van der Waals surface area contributed by atoms with E-state index in [0.29, 0.717) is 30.7 Å². The summed E-state index contributed by atoms with van der Waals surface area (Å²) in [7, 11) is 0. The van der Waals surface area contributed by atoms with Crippen LogP contribution >= 0.6 is 34.8 Å². The number of hydrogen-bond acceptors (Lipinski definition) is 3. The van der Waals surface area contributed by atoms with E-state index in [-0.39, 0.29) is 18.0 Å². The van der Waals surface area contributed by atoms with Crippen molar-refractivity contribution in [3.63, 3.8) is 0 Å². The summed E-state index contributed by atoms with van der Waals surface area (Å²) in [5.41, 5.74) is 0. The van der Waals surface area contributed by atoms with Crippen LogP contribution in [-0.4, -0.2) is 38.7 Å². The van der Waals surface area contributed by atoms with Crippen molar-refractivity contribution in [3.8, 4) is 0 Å². The summed E-state index contributed by atoms with van der Waals surface area (Å²) in [6, 6.07) is 0.655. The lowest BCUT2D eigenvalue weighted by Crippen LogP contribution is -2.53. The van der Waals surface area contributed by atoms with Gasteiger partial charge < -0.3 is 9.64 Å². The number of fused-ring (bicyclic) bond motifs is 1. The van der Waals surface area contributed by atoms with Crippen molar-refractivity contribution in [2.24, 2.45) is 5.92 Å². The van der Waals surface area contributed by atoms with Gasteiger partial charge in [-0.25, -0.2) is 0 Å². The molecule has 0 aliphatic carbocycles. The van der Waals surface area contributed by atoms with Crippen molar-refractivity contribution >= 4 is 46.6 Å². The number of piperidine rings is 2. The average Bonchev–Trinajstić information content (AvgIpc) is 2.52. The highest BCUT2D eigenvalue weighted by atomic mass is 35.6. The van der Waals surface area contributed by atoms with Crippen molar-refractivity contribution in [2.75, 3.05) is 0 Å². The molecule has 2 rings (SSSR count). The SMILES string of the molecule is CC[C@@H](/C=C/C[C@@H]1C[C@@H](C)C[C@H]2CCCC(=O)N12)OC(=N)C(Cl)(Cl)Cl. The van der Waals surface area contributed by atoms with Gasteiger partial charge in [-0.1, -0.05) is 54.7 Å². The molecule has 2 saturated heterocycles. The third kappa shape index (κ3) is 5.77. The molecule has 0 aromatic carbocycles. The minimum Gasteiger partial charge on any atom is -0.471 e. The summed E-state index contributed by atoms with van der Waals surface area (Å²) in [4.78, 5) is 14.5. The largest absolute Gasteiger partial charge is 0.471 e. The Morgan fingerprint density at radius 2 is 2.16 bits per heavy atom. The standard InChI is InChI=1S/C18H27Cl3N2O2/c1-3-15(25-17(22)18(19,20)21)8-4-6-13-10-12(2)11-14-7-5-9-16(24)23(13)14/h4,8,12-15,22H,3,5-7,9-11H2,1-2H3/b8-4+,22-17?/t12-,13-,14-,15+/m1/s1. The molecule has 2 aliphatic rings. The molecule has 2 aliphatic heterocycles. The zero-order valence-electron chi connectivity index (χ0n) is 14.8. The smallest absolute Gasteiger partial charge is 0.265 e. The first-order chi connectivity index (χ1) is 11.7. The number of ether oxygens (including phenoxy) is 1. The third-order valence-electron chi connectivity index (χ3n) is 5.04. The molecular weight excluding hydrogens is 383 g/mol. The molecular formula is C18H27Cl3N2O2. The van der Waals surface area contributed by atoms with Crippen molar-refractivity contribution in [2.45, 2.75) is 80.8 Å². The summed E-state index contributed by atoms with van der Waals surface area (Å²) in [6.07, 6.45) is 10.1. The Morgan fingerprint density at radius 3 is 2.80 bits per heavy atom. The minimum atomic E-state index is -1.84. The van der Waals surface area contributed by atoms with Gasteiger partial charge in [0, 0.05) is 18.5 Å². The summed E-state index contributed by atoms with van der Waals surface area (Å²) in [5, 5.41) is 7.67. The Bertz CT molecular complexity index is 519. The molecule has 1 amide bonds. The quantitative estimate of drug-likeness (QED) is 0.291. The van der Waals surface area contributed by atoms with E-state index in [9.17, 15) is 4.79 Å². The second-order valence-electron chi connectivity index (χ2n) is 7.13. The fourth-order valence-corrected chi connectivity index (χ4v) is 4.04. The molecule has 7 heteroatoms. The van der Waals surface area contributed by atoms with Crippen molar-refractivity contribution in [3.05, 3.63) is 12.2 Å². The van der Waals surface area contributed by atoms with Crippen LogP contribution in [0.5, 0.6) is 0 Å². The lowest BCUT2D eigenvalue weighted by molar-refractivity contribution is -0.142. The van der Waals surface area contributed by atoms with Gasteiger partial charge in [-0.05, 0) is 50.5 Å². The maximum Gasteiger partial charge on any atom is 0.265 e. The minimum absolute atomic E-state index is 0.253. The van der Waals surface area contributed by atoms with Gasteiger partial charge in [0.25, 0.3) is 3.79 Å². The van der Waals surface area contributed by atoms with Crippen LogP contribution in [-0.2, 0) is 9.53 Å². The van der Waals surface area contributed by atoms with Gasteiger partial charge in [-0.2, -0.15) is 0 Å². The summed E-state index contributed by atoms with van der Waals surface area (Å²) < 4.78 is 3.58. The first-order valence-electron chi connectivity index (χ1n) is 9.02. The normalized spacial score (nSPS) is 28.8. The number of halogens is 3. The number of carbonyl (C=O) groups is 1. The van der Waals surface area contributed by atoms with E-state index in [1.54, 1.807) is 0 Å². The first kappa shape index (κ1) is 20.9. The molecule has 2 fully saturated rings. The number of amides is 1. The van der Waals surface area contributed by atoms with E-state index in [2.05, 4.69) is 11.8 Å². The Balaban J connectivity index is 1.96. The number of nitrogens with one attached hydrogen (secondary N) is 1. The van der Waals surface area contributed by atoms with Gasteiger partial charge in [0.1, 0.15) is 6.10 Å². The first-order valence-corrected chi connectivity index (χ1v) is 10.2. The molecule has 4 nitrogen and oxygen atoms in total. The maximum absolute atomic E-state index is 12.4. The third-order valence-corrected chi connectivity index (χ3v) is 5.55. The van der Waals surface area contributed by atoms with Gasteiger partial charge >= 0.3 is 0 Å². The fraction of sp³-hybridized carbons (Fsp3) is 0.778. The van der Waals surface area contributed by atoms with E-state index < -0.39 is 3.79 Å². The van der Waals surface area contributed by atoms with E-state index in [0.717, 1.165) is 32.1 Å². The molecule has 0 spiro atoms. The average molecular weight is 410 g/mol. The van der Waals surface area contributed by atoms with Gasteiger partial charge in [0.2, 0.25) is 11.8 Å². The molecule has 25 heavy (non-hydrogen) atoms. The zero-order chi connectivity index (χ0) is 18.6. The Hall–Kier alpha value is -0.450. The lowest BCUT2D eigenvalue weighted by Gasteiger charge is -2.47. The van der Waals surface area contributed by atoms with Gasteiger partial charge in [0.15, 0.2) is 0 Å². The Kier molecular flexibility index (Phi) is 7.48. The van der Waals surface area contributed by atoms with Crippen LogP contribution in [0.15, 0.2) is 12.2 Å². The number of carbonyl (C=O) groups excluding carboxylic acids is 1. The van der Waals surface area contributed by atoms with Crippen LogP contribution in [0.3, 0.4) is 0 Å². The van der Waals surface area contributed by atoms with Crippen LogP contribution in [0.2, 0.25) is 0 Å². The van der Waals surface area contributed by atoms with Crippen molar-refractivity contribution in [1.82, 2.24) is 4.90 Å². The maximum atomic E-state index is 12.4. The summed E-state index contributed by atoms with van der Waals surface area (Å²) >= 11 is 17.0. The second-order valence-corrected chi connectivity index (χ2v) is 9.41. The summed E-state index contributed by atoms with van der Waals surface area (Å²) in [6.45, 7) is 4.22. The highest BCUT2D eigenvalue weighted by Crippen LogP contribution is 2.35. The topological polar surface area (TPSA) is 53.4 Å². The van der Waals surface area contributed by atoms with Crippen LogP contribution in [0.4, 0.5) is 0 Å². The van der Waals surface area contributed by atoms with Crippen LogP contribution in [0.1, 0.15) is 58.8 Å². The highest BCUT2D eigenvalue weighted by Gasteiger charge is 2.38. The van der Waals surface area contributed by atoms with Crippen LogP contribution in [0.25, 0.3) is 0 Å². The number of rotatable bonds is 5. The van der Waals surface area contributed by atoms with Gasteiger partial charge in [-0.15, -0.1) is 0 Å². The van der Waals surface area contributed by atoms with Crippen molar-refractivity contribution < 1.29 is 9.53 Å². The fourth-order valence-electron chi connectivity index (χ4n) is 3.91. The predicted octanol–water partition coefficient (Wildman–Crippen LogP) is 5.25. The van der Waals surface area contributed by atoms with E-state index in [1.807, 2.05) is 19.1 Å². The molecule has 0 aromatic rings. The van der Waals surface area contributed by atoms with Crippen LogP contribution in [0, 0.1) is 11.3 Å². The Labute approximate surface area is 165 Å². The zero-order valence-corrected chi connectivity index (χ0v) is 17.1. The van der Waals surface area contributed by atoms with E-state index >= 15 is 0 Å². The molecule has 142 valence electrons. The lowest BCUT2D eigenvalue weighted by atomic mass is 9.81. The predicted molar refractivity (Wildman–Crippen MR) is 104 cm³/mol. The molecule has 2 heterocycles. The molecule has 0 bridgehead atoms. The number of nitrogens with zero attached hydrogens (tertiary/aromatic N) is 1. The van der Waals surface area contributed by atoms with Gasteiger partial charge in [-0.3, -0.25) is 10.2 Å². The van der Waals surface area contributed by atoms with Gasteiger partial charge in [0.05, 0.1) is 0 Å². The van der Waals surface area contributed by atoms with Crippen LogP contribution < -0.4 is 0 Å².